The molecule has 3 unspecified atom stereocenters. The quantitative estimate of drug-likeness (QED) is 0.756. The van der Waals surface area contributed by atoms with Crippen molar-refractivity contribution in [3.63, 3.8) is 0 Å². The third kappa shape index (κ3) is 3.19. The summed E-state index contributed by atoms with van der Waals surface area (Å²) >= 11 is 0. The zero-order valence-corrected chi connectivity index (χ0v) is 10.8. The summed E-state index contributed by atoms with van der Waals surface area (Å²) in [6.07, 6.45) is 2.69. The van der Waals surface area contributed by atoms with Crippen LogP contribution in [0.5, 0.6) is 0 Å². The second kappa shape index (κ2) is 5.64. The Morgan fingerprint density at radius 3 is 2.81 bits per heavy atom. The first-order valence-corrected chi connectivity index (χ1v) is 6.11. The monoisotopic (exact) mass is 228 g/mol. The number of rotatable bonds is 4. The molecule has 1 amide bonds. The molecule has 3 atom stereocenters. The van der Waals surface area contributed by atoms with Crippen molar-refractivity contribution in [1.82, 2.24) is 10.6 Å². The molecule has 0 radical (unpaired) electrons. The van der Waals surface area contributed by atoms with E-state index >= 15 is 0 Å². The maximum atomic E-state index is 12.0. The smallest absolute Gasteiger partial charge is 0.252 e. The number of hydrogen-bond donors (Lipinski definition) is 2. The van der Waals surface area contributed by atoms with Gasteiger partial charge in [-0.05, 0) is 39.7 Å². The van der Waals surface area contributed by atoms with Crippen molar-refractivity contribution < 1.29 is 9.53 Å². The second-order valence-electron chi connectivity index (χ2n) is 4.84. The molecular formula is C12H24N2O2. The number of hydrogen-bond acceptors (Lipinski definition) is 3. The fourth-order valence-corrected chi connectivity index (χ4v) is 2.00. The number of piperidine rings is 1. The van der Waals surface area contributed by atoms with Crippen molar-refractivity contribution >= 4 is 5.91 Å². The molecule has 1 heterocycles. The Morgan fingerprint density at radius 2 is 2.31 bits per heavy atom. The van der Waals surface area contributed by atoms with Gasteiger partial charge >= 0.3 is 0 Å². The van der Waals surface area contributed by atoms with Gasteiger partial charge in [0.05, 0.1) is 0 Å². The molecule has 0 bridgehead atoms. The number of carbonyl (C=O) groups is 1. The van der Waals surface area contributed by atoms with Gasteiger partial charge in [-0.3, -0.25) is 4.79 Å². The Kier molecular flexibility index (Phi) is 4.74. The van der Waals surface area contributed by atoms with Crippen LogP contribution >= 0.6 is 0 Å². The van der Waals surface area contributed by atoms with E-state index in [0.29, 0.717) is 12.5 Å². The number of ether oxygens (including phenoxy) is 1. The van der Waals surface area contributed by atoms with E-state index in [9.17, 15) is 4.79 Å². The highest BCUT2D eigenvalue weighted by Gasteiger charge is 2.33. The minimum Gasteiger partial charge on any atom is -0.369 e. The Morgan fingerprint density at radius 1 is 1.62 bits per heavy atom. The molecule has 1 fully saturated rings. The van der Waals surface area contributed by atoms with Crippen LogP contribution in [-0.2, 0) is 9.53 Å². The maximum absolute atomic E-state index is 12.0. The van der Waals surface area contributed by atoms with Gasteiger partial charge in [0.15, 0.2) is 0 Å². The SMILES string of the molecule is CCC(C)(OC)C(=O)NC1CCNC(C)C1. The Hall–Kier alpha value is -0.610. The summed E-state index contributed by atoms with van der Waals surface area (Å²) < 4.78 is 5.29. The van der Waals surface area contributed by atoms with Gasteiger partial charge in [0, 0.05) is 19.2 Å². The molecule has 0 aromatic rings. The molecule has 1 aliphatic rings. The van der Waals surface area contributed by atoms with Crippen LogP contribution < -0.4 is 10.6 Å². The summed E-state index contributed by atoms with van der Waals surface area (Å²) in [5.41, 5.74) is -0.686. The first kappa shape index (κ1) is 13.5. The molecular weight excluding hydrogens is 204 g/mol. The lowest BCUT2D eigenvalue weighted by atomic mass is 9.97. The van der Waals surface area contributed by atoms with Crippen molar-refractivity contribution in [1.29, 1.82) is 0 Å². The van der Waals surface area contributed by atoms with Crippen LogP contribution in [0.2, 0.25) is 0 Å². The third-order valence-corrected chi connectivity index (χ3v) is 3.56. The van der Waals surface area contributed by atoms with Crippen molar-refractivity contribution in [2.45, 2.75) is 57.7 Å². The van der Waals surface area contributed by atoms with E-state index in [2.05, 4.69) is 17.6 Å². The topological polar surface area (TPSA) is 50.4 Å². The van der Waals surface area contributed by atoms with Crippen LogP contribution in [0.15, 0.2) is 0 Å². The van der Waals surface area contributed by atoms with Gasteiger partial charge in [-0.2, -0.15) is 0 Å². The summed E-state index contributed by atoms with van der Waals surface area (Å²) in [5.74, 6) is 0.0107. The highest BCUT2D eigenvalue weighted by atomic mass is 16.5. The van der Waals surface area contributed by atoms with Gasteiger partial charge in [0.1, 0.15) is 5.60 Å². The maximum Gasteiger partial charge on any atom is 0.252 e. The van der Waals surface area contributed by atoms with Gasteiger partial charge in [-0.1, -0.05) is 6.92 Å². The minimum absolute atomic E-state index is 0.0107. The van der Waals surface area contributed by atoms with Crippen molar-refractivity contribution in [2.75, 3.05) is 13.7 Å². The summed E-state index contributed by atoms with van der Waals surface area (Å²) in [5, 5.41) is 6.46. The van der Waals surface area contributed by atoms with Crippen molar-refractivity contribution in [2.24, 2.45) is 0 Å². The largest absolute Gasteiger partial charge is 0.369 e. The normalized spacial score (nSPS) is 29.5. The van der Waals surface area contributed by atoms with Gasteiger partial charge in [-0.15, -0.1) is 0 Å². The van der Waals surface area contributed by atoms with E-state index < -0.39 is 5.60 Å². The average Bonchev–Trinajstić information content (AvgIpc) is 2.28. The minimum atomic E-state index is -0.686. The molecule has 4 heteroatoms. The van der Waals surface area contributed by atoms with Crippen LogP contribution in [-0.4, -0.2) is 37.2 Å². The van der Waals surface area contributed by atoms with Crippen molar-refractivity contribution in [3.05, 3.63) is 0 Å². The Bertz CT molecular complexity index is 239. The zero-order valence-electron chi connectivity index (χ0n) is 10.8. The summed E-state index contributed by atoms with van der Waals surface area (Å²) in [7, 11) is 1.59. The first-order chi connectivity index (χ1) is 7.51. The lowest BCUT2D eigenvalue weighted by molar-refractivity contribution is -0.142. The highest BCUT2D eigenvalue weighted by molar-refractivity contribution is 5.84. The molecule has 4 nitrogen and oxygen atoms in total. The predicted octanol–water partition coefficient (Wildman–Crippen LogP) is 1.06. The fourth-order valence-electron chi connectivity index (χ4n) is 2.00. The summed E-state index contributed by atoms with van der Waals surface area (Å²) in [4.78, 5) is 12.0. The van der Waals surface area contributed by atoms with Gasteiger partial charge < -0.3 is 15.4 Å². The van der Waals surface area contributed by atoms with Crippen LogP contribution in [0, 0.1) is 0 Å². The number of methoxy groups -OCH3 is 1. The molecule has 1 saturated heterocycles. The van der Waals surface area contributed by atoms with Gasteiger partial charge in [0.2, 0.25) is 0 Å². The molecule has 0 aromatic carbocycles. The standard InChI is InChI=1S/C12H24N2O2/c1-5-12(3,16-4)11(15)14-10-6-7-13-9(2)8-10/h9-10,13H,5-8H2,1-4H3,(H,14,15). The van der Waals surface area contributed by atoms with E-state index in [0.717, 1.165) is 19.4 Å². The van der Waals surface area contributed by atoms with Gasteiger partial charge in [0.25, 0.3) is 5.91 Å². The van der Waals surface area contributed by atoms with E-state index in [-0.39, 0.29) is 11.9 Å². The van der Waals surface area contributed by atoms with E-state index in [4.69, 9.17) is 4.74 Å². The Labute approximate surface area is 98.1 Å². The van der Waals surface area contributed by atoms with E-state index in [1.165, 1.54) is 0 Å². The molecule has 1 rings (SSSR count). The molecule has 94 valence electrons. The first-order valence-electron chi connectivity index (χ1n) is 6.11. The van der Waals surface area contributed by atoms with Crippen LogP contribution in [0.3, 0.4) is 0 Å². The van der Waals surface area contributed by atoms with E-state index in [1.807, 2.05) is 13.8 Å². The summed E-state index contributed by atoms with van der Waals surface area (Å²) in [6.45, 7) is 6.93. The molecule has 0 spiro atoms. The zero-order chi connectivity index (χ0) is 12.2. The molecule has 2 N–H and O–H groups in total. The van der Waals surface area contributed by atoms with Crippen LogP contribution in [0.1, 0.15) is 40.0 Å². The number of carbonyl (C=O) groups excluding carboxylic acids is 1. The lowest BCUT2D eigenvalue weighted by Crippen LogP contribution is -2.53. The average molecular weight is 228 g/mol. The molecule has 1 aliphatic heterocycles. The fraction of sp³-hybridized carbons (Fsp3) is 0.917. The molecule has 0 aliphatic carbocycles. The molecule has 0 saturated carbocycles. The highest BCUT2D eigenvalue weighted by Crippen LogP contribution is 2.16. The molecule has 0 aromatic heterocycles. The van der Waals surface area contributed by atoms with Crippen molar-refractivity contribution in [3.8, 4) is 0 Å². The lowest BCUT2D eigenvalue weighted by Gasteiger charge is -2.32. The predicted molar refractivity (Wildman–Crippen MR) is 64.3 cm³/mol. The molecule has 16 heavy (non-hydrogen) atoms. The third-order valence-electron chi connectivity index (χ3n) is 3.56. The van der Waals surface area contributed by atoms with Crippen LogP contribution in [0.25, 0.3) is 0 Å². The number of amides is 1. The summed E-state index contributed by atoms with van der Waals surface area (Å²) in [6, 6.07) is 0.763. The Balaban J connectivity index is 2.50. The van der Waals surface area contributed by atoms with E-state index in [1.54, 1.807) is 7.11 Å². The number of nitrogens with one attached hydrogen (secondary N) is 2. The second-order valence-corrected chi connectivity index (χ2v) is 4.84. The van der Waals surface area contributed by atoms with Crippen LogP contribution in [0.4, 0.5) is 0 Å². The van der Waals surface area contributed by atoms with Gasteiger partial charge in [-0.25, -0.2) is 0 Å².